The number of rotatable bonds is 4. The van der Waals surface area contributed by atoms with Gasteiger partial charge in [0.2, 0.25) is 0 Å². The average molecular weight is 398 g/mol. The normalized spacial score (nSPS) is 26.7. The van der Waals surface area contributed by atoms with Gasteiger partial charge in [-0.1, -0.05) is 18.8 Å². The summed E-state index contributed by atoms with van der Waals surface area (Å²) in [6.45, 7) is 2.26. The fourth-order valence-corrected chi connectivity index (χ4v) is 4.26. The van der Waals surface area contributed by atoms with Gasteiger partial charge in [-0.05, 0) is 53.5 Å². The van der Waals surface area contributed by atoms with Gasteiger partial charge in [-0.25, -0.2) is 0 Å². The van der Waals surface area contributed by atoms with Gasteiger partial charge in [-0.3, -0.25) is 0 Å². The van der Waals surface area contributed by atoms with Gasteiger partial charge in [0.25, 0.3) is 0 Å². The van der Waals surface area contributed by atoms with E-state index in [1.807, 2.05) is 0 Å². The van der Waals surface area contributed by atoms with Crippen LogP contribution in [0.5, 0.6) is 11.5 Å². The lowest BCUT2D eigenvalue weighted by molar-refractivity contribution is -0.109. The second-order valence-electron chi connectivity index (χ2n) is 6.26. The number of ether oxygens (including phenoxy) is 2. The molecule has 112 valence electrons. The molecule has 0 spiro atoms. The third-order valence-corrected chi connectivity index (χ3v) is 5.32. The highest BCUT2D eigenvalue weighted by atomic mass is 127. The molecule has 21 heavy (non-hydrogen) atoms. The molecule has 0 N–H and O–H groups in total. The molecular formula is C16H20BIO3. The molecule has 3 rings (SSSR count). The van der Waals surface area contributed by atoms with E-state index < -0.39 is 0 Å². The van der Waals surface area contributed by atoms with Gasteiger partial charge in [0.1, 0.15) is 24.9 Å². The average Bonchev–Trinajstić information content (AvgIpc) is 2.62. The Morgan fingerprint density at radius 2 is 2.38 bits per heavy atom. The molecule has 1 aromatic rings. The van der Waals surface area contributed by atoms with Crippen LogP contribution in [0.25, 0.3) is 0 Å². The lowest BCUT2D eigenvalue weighted by Gasteiger charge is -2.29. The number of aldehydes is 1. The predicted octanol–water partition coefficient (Wildman–Crippen LogP) is 2.05. The highest BCUT2D eigenvalue weighted by Crippen LogP contribution is 2.53. The van der Waals surface area contributed by atoms with E-state index in [0.29, 0.717) is 11.0 Å². The Morgan fingerprint density at radius 1 is 1.57 bits per heavy atom. The topological polar surface area (TPSA) is 35.5 Å². The molecule has 1 heterocycles. The third kappa shape index (κ3) is 2.37. The van der Waals surface area contributed by atoms with Crippen LogP contribution in [0.1, 0.15) is 43.7 Å². The Bertz CT molecular complexity index is 575. The van der Waals surface area contributed by atoms with Crippen molar-refractivity contribution in [1.29, 1.82) is 0 Å². The molecule has 1 aliphatic carbocycles. The Hall–Kier alpha value is -0.715. The number of carbonyl (C=O) groups excluding carboxylic acids is 1. The molecule has 0 fully saturated rings. The van der Waals surface area contributed by atoms with E-state index in [4.69, 9.17) is 9.47 Å². The largest absolute Gasteiger partial charge is 0.485 e. The van der Waals surface area contributed by atoms with Crippen molar-refractivity contribution in [3.63, 3.8) is 0 Å². The van der Waals surface area contributed by atoms with Crippen LogP contribution >= 0.6 is 22.6 Å². The first-order valence-electron chi connectivity index (χ1n) is 7.58. The summed E-state index contributed by atoms with van der Waals surface area (Å²) in [6.07, 6.45) is 5.96. The fourth-order valence-electron chi connectivity index (χ4n) is 3.92. The Balaban J connectivity index is 2.20. The van der Waals surface area contributed by atoms with E-state index in [1.165, 1.54) is 29.4 Å². The number of hydrogen-bond donors (Lipinski definition) is 0. The van der Waals surface area contributed by atoms with E-state index in [1.54, 1.807) is 0 Å². The smallest absolute Gasteiger partial charge is 0.165 e. The summed E-state index contributed by atoms with van der Waals surface area (Å²) in [5, 5.41) is 0. The van der Waals surface area contributed by atoms with Crippen molar-refractivity contribution >= 4 is 42.2 Å². The van der Waals surface area contributed by atoms with Crippen molar-refractivity contribution < 1.29 is 14.3 Å². The summed E-state index contributed by atoms with van der Waals surface area (Å²) in [5.41, 5.74) is 3.96. The maximum Gasteiger partial charge on any atom is 0.165 e. The van der Waals surface area contributed by atoms with Crippen molar-refractivity contribution in [2.45, 2.75) is 50.5 Å². The minimum atomic E-state index is -0.0581. The molecule has 2 atom stereocenters. The highest BCUT2D eigenvalue weighted by Gasteiger charge is 2.48. The van der Waals surface area contributed by atoms with Crippen molar-refractivity contribution in [2.24, 2.45) is 0 Å². The first-order valence-corrected chi connectivity index (χ1v) is 9.10. The van der Waals surface area contributed by atoms with Gasteiger partial charge >= 0.3 is 0 Å². The summed E-state index contributed by atoms with van der Waals surface area (Å²) in [6, 6.07) is 2.10. The molecule has 0 saturated carbocycles. The molecule has 0 bridgehead atoms. The number of benzene rings is 1. The summed E-state index contributed by atoms with van der Waals surface area (Å²) in [5.74, 6) is 1.73. The molecule has 0 amide bonds. The minimum Gasteiger partial charge on any atom is -0.485 e. The van der Waals surface area contributed by atoms with Gasteiger partial charge in [0.05, 0.1) is 0 Å². The molecule has 0 radical (unpaired) electrons. The standard InChI is InChI=1S/C16H20BIO3/c1-16-6-3-2-4-10-11(17)8-12(20-9-18)15(14(10)16)21-13(16)5-7-19/h7-8,13H,2-6,9,17H2,1H3/t13?,16-/m0/s1. The number of alkyl halides is 1. The zero-order chi connectivity index (χ0) is 15.0. The zero-order valence-electron chi connectivity index (χ0n) is 12.6. The van der Waals surface area contributed by atoms with Crippen molar-refractivity contribution in [3.8, 4) is 11.5 Å². The summed E-state index contributed by atoms with van der Waals surface area (Å²) in [4.78, 5) is 11.1. The molecule has 1 unspecified atom stereocenters. The van der Waals surface area contributed by atoms with Gasteiger partial charge in [0.15, 0.2) is 11.5 Å². The molecule has 2 aliphatic rings. The van der Waals surface area contributed by atoms with Gasteiger partial charge in [-0.15, -0.1) is 0 Å². The summed E-state index contributed by atoms with van der Waals surface area (Å²) in [7, 11) is 2.16. The first-order chi connectivity index (χ1) is 10.1. The molecule has 3 nitrogen and oxygen atoms in total. The molecular weight excluding hydrogens is 378 g/mol. The van der Waals surface area contributed by atoms with Crippen LogP contribution in [0.3, 0.4) is 0 Å². The quantitative estimate of drug-likeness (QED) is 0.337. The maximum absolute atomic E-state index is 11.1. The van der Waals surface area contributed by atoms with E-state index >= 15 is 0 Å². The van der Waals surface area contributed by atoms with Crippen LogP contribution in [0.4, 0.5) is 0 Å². The minimum absolute atomic E-state index is 0.0554. The first kappa shape index (κ1) is 15.2. The van der Waals surface area contributed by atoms with E-state index in [2.05, 4.69) is 43.4 Å². The number of halogens is 1. The van der Waals surface area contributed by atoms with Crippen LogP contribution in [0.15, 0.2) is 6.07 Å². The Morgan fingerprint density at radius 3 is 3.10 bits per heavy atom. The third-order valence-electron chi connectivity index (χ3n) is 5.01. The van der Waals surface area contributed by atoms with Crippen LogP contribution < -0.4 is 14.9 Å². The fraction of sp³-hybridized carbons (Fsp3) is 0.562. The van der Waals surface area contributed by atoms with Crippen molar-refractivity contribution in [2.75, 3.05) is 4.61 Å². The Kier molecular flexibility index (Phi) is 4.21. The lowest BCUT2D eigenvalue weighted by Crippen LogP contribution is -2.36. The molecule has 1 aliphatic heterocycles. The van der Waals surface area contributed by atoms with E-state index in [-0.39, 0.29) is 11.5 Å². The van der Waals surface area contributed by atoms with E-state index in [9.17, 15) is 4.79 Å². The van der Waals surface area contributed by atoms with Crippen molar-refractivity contribution in [3.05, 3.63) is 17.2 Å². The predicted molar refractivity (Wildman–Crippen MR) is 94.1 cm³/mol. The molecule has 1 aromatic carbocycles. The second-order valence-corrected chi connectivity index (χ2v) is 6.88. The second kappa shape index (κ2) is 5.82. The monoisotopic (exact) mass is 398 g/mol. The van der Waals surface area contributed by atoms with Crippen molar-refractivity contribution in [1.82, 2.24) is 0 Å². The Labute approximate surface area is 140 Å². The maximum atomic E-state index is 11.1. The van der Waals surface area contributed by atoms with Gasteiger partial charge in [0, 0.05) is 17.4 Å². The molecule has 0 saturated heterocycles. The zero-order valence-corrected chi connectivity index (χ0v) is 14.7. The summed E-state index contributed by atoms with van der Waals surface area (Å²) < 4.78 is 12.6. The van der Waals surface area contributed by atoms with Crippen LogP contribution in [0.2, 0.25) is 0 Å². The lowest BCUT2D eigenvalue weighted by atomic mass is 9.72. The number of hydrogen-bond acceptors (Lipinski definition) is 3. The van der Waals surface area contributed by atoms with Crippen LogP contribution in [-0.2, 0) is 16.6 Å². The molecule has 0 aromatic heterocycles. The van der Waals surface area contributed by atoms with Crippen LogP contribution in [0, 0.1) is 0 Å². The SMILES string of the molecule is Bc1cc(OCI)c2c3c1CCCC[C@@]3(C)C(CC=O)O2. The highest BCUT2D eigenvalue weighted by molar-refractivity contribution is 14.1. The van der Waals surface area contributed by atoms with Gasteiger partial charge < -0.3 is 14.3 Å². The summed E-state index contributed by atoms with van der Waals surface area (Å²) >= 11 is 2.20. The van der Waals surface area contributed by atoms with Crippen LogP contribution in [-0.4, -0.2) is 24.9 Å². The van der Waals surface area contributed by atoms with E-state index in [0.717, 1.165) is 30.6 Å². The molecule has 5 heteroatoms. The van der Waals surface area contributed by atoms with Gasteiger partial charge in [-0.2, -0.15) is 0 Å². The number of carbonyl (C=O) groups is 1.